The van der Waals surface area contributed by atoms with E-state index in [4.69, 9.17) is 14.2 Å². The standard InChI is InChI=1S/C13H15N3O3/c1-17-12-5-3-2-4-11(12)13(18-6-7-19-13)8-16-10-14-9-15-16/h2-5,9-10H,6-8H2,1H3. The number of rotatable bonds is 4. The largest absolute Gasteiger partial charge is 0.496 e. The molecule has 100 valence electrons. The zero-order valence-corrected chi connectivity index (χ0v) is 10.7. The van der Waals surface area contributed by atoms with E-state index < -0.39 is 5.79 Å². The summed E-state index contributed by atoms with van der Waals surface area (Å²) in [5.41, 5.74) is 0.866. The number of hydrogen-bond donors (Lipinski definition) is 0. The molecule has 1 fully saturated rings. The van der Waals surface area contributed by atoms with Gasteiger partial charge in [0.2, 0.25) is 5.79 Å². The van der Waals surface area contributed by atoms with Gasteiger partial charge in [-0.25, -0.2) is 9.67 Å². The highest BCUT2D eigenvalue weighted by molar-refractivity contribution is 5.37. The van der Waals surface area contributed by atoms with Crippen LogP contribution in [-0.4, -0.2) is 35.1 Å². The topological polar surface area (TPSA) is 58.4 Å². The Morgan fingerprint density at radius 1 is 1.32 bits per heavy atom. The fourth-order valence-electron chi connectivity index (χ4n) is 2.27. The summed E-state index contributed by atoms with van der Waals surface area (Å²) in [6.45, 7) is 1.53. The molecule has 1 saturated heterocycles. The first-order chi connectivity index (χ1) is 9.34. The second-order valence-electron chi connectivity index (χ2n) is 4.24. The summed E-state index contributed by atoms with van der Waals surface area (Å²) in [4.78, 5) is 3.94. The van der Waals surface area contributed by atoms with Gasteiger partial charge in [0.1, 0.15) is 24.9 Å². The van der Waals surface area contributed by atoms with Crippen LogP contribution in [-0.2, 0) is 21.8 Å². The number of hydrogen-bond acceptors (Lipinski definition) is 5. The van der Waals surface area contributed by atoms with Gasteiger partial charge in [-0.05, 0) is 12.1 Å². The molecule has 0 unspecified atom stereocenters. The van der Waals surface area contributed by atoms with Crippen molar-refractivity contribution in [2.24, 2.45) is 0 Å². The van der Waals surface area contributed by atoms with E-state index in [0.717, 1.165) is 11.3 Å². The molecule has 19 heavy (non-hydrogen) atoms. The van der Waals surface area contributed by atoms with Crippen molar-refractivity contribution in [1.82, 2.24) is 14.8 Å². The monoisotopic (exact) mass is 261 g/mol. The summed E-state index contributed by atoms with van der Waals surface area (Å²) in [5.74, 6) is -0.121. The van der Waals surface area contributed by atoms with E-state index in [1.807, 2.05) is 24.3 Å². The molecule has 1 aromatic carbocycles. The number of nitrogens with zero attached hydrogens (tertiary/aromatic N) is 3. The van der Waals surface area contributed by atoms with Crippen LogP contribution in [0.5, 0.6) is 5.75 Å². The minimum atomic E-state index is -0.861. The number of benzene rings is 1. The van der Waals surface area contributed by atoms with Gasteiger partial charge in [0.05, 0.1) is 25.9 Å². The lowest BCUT2D eigenvalue weighted by Gasteiger charge is -2.28. The molecule has 0 atom stereocenters. The Balaban J connectivity index is 2.00. The van der Waals surface area contributed by atoms with Crippen molar-refractivity contribution in [1.29, 1.82) is 0 Å². The van der Waals surface area contributed by atoms with Gasteiger partial charge >= 0.3 is 0 Å². The first-order valence-corrected chi connectivity index (χ1v) is 6.08. The van der Waals surface area contributed by atoms with Crippen LogP contribution in [0.4, 0.5) is 0 Å². The molecule has 0 spiro atoms. The second kappa shape index (κ2) is 4.99. The molecule has 0 saturated carbocycles. The molecule has 1 aliphatic rings. The van der Waals surface area contributed by atoms with Crippen LogP contribution in [0.1, 0.15) is 5.56 Å². The summed E-state index contributed by atoms with van der Waals surface area (Å²) >= 11 is 0. The maximum atomic E-state index is 5.85. The van der Waals surface area contributed by atoms with Gasteiger partial charge in [-0.3, -0.25) is 0 Å². The van der Waals surface area contributed by atoms with E-state index in [1.165, 1.54) is 6.33 Å². The average molecular weight is 261 g/mol. The third kappa shape index (κ3) is 2.20. The molecular weight excluding hydrogens is 246 g/mol. The fourth-order valence-corrected chi connectivity index (χ4v) is 2.27. The quantitative estimate of drug-likeness (QED) is 0.827. The Morgan fingerprint density at radius 3 is 2.79 bits per heavy atom. The van der Waals surface area contributed by atoms with Crippen LogP contribution in [0.15, 0.2) is 36.9 Å². The van der Waals surface area contributed by atoms with E-state index in [1.54, 1.807) is 18.1 Å². The summed E-state index contributed by atoms with van der Waals surface area (Å²) < 4.78 is 18.8. The number of para-hydroxylation sites is 1. The lowest BCUT2D eigenvalue weighted by molar-refractivity contribution is -0.178. The minimum absolute atomic E-state index is 0.438. The van der Waals surface area contributed by atoms with Gasteiger partial charge in [-0.2, -0.15) is 5.10 Å². The molecular formula is C13H15N3O3. The van der Waals surface area contributed by atoms with Gasteiger partial charge in [-0.15, -0.1) is 0 Å². The normalized spacial score (nSPS) is 17.5. The highest BCUT2D eigenvalue weighted by atomic mass is 16.7. The molecule has 0 bridgehead atoms. The zero-order chi connectivity index (χ0) is 13.1. The minimum Gasteiger partial charge on any atom is -0.496 e. The Morgan fingerprint density at radius 2 is 2.11 bits per heavy atom. The number of aromatic nitrogens is 3. The highest BCUT2D eigenvalue weighted by Gasteiger charge is 2.41. The summed E-state index contributed by atoms with van der Waals surface area (Å²) in [7, 11) is 1.64. The lowest BCUT2D eigenvalue weighted by Crippen LogP contribution is -2.33. The van der Waals surface area contributed by atoms with Crippen LogP contribution in [0.25, 0.3) is 0 Å². The van der Waals surface area contributed by atoms with Crippen molar-refractivity contribution in [3.63, 3.8) is 0 Å². The van der Waals surface area contributed by atoms with Crippen LogP contribution in [0.3, 0.4) is 0 Å². The van der Waals surface area contributed by atoms with Crippen molar-refractivity contribution in [2.75, 3.05) is 20.3 Å². The van der Waals surface area contributed by atoms with Crippen LogP contribution >= 0.6 is 0 Å². The van der Waals surface area contributed by atoms with Crippen molar-refractivity contribution in [3.8, 4) is 5.75 Å². The molecule has 1 aliphatic heterocycles. The third-order valence-electron chi connectivity index (χ3n) is 3.11. The first-order valence-electron chi connectivity index (χ1n) is 6.08. The van der Waals surface area contributed by atoms with Crippen LogP contribution in [0, 0.1) is 0 Å². The van der Waals surface area contributed by atoms with Crippen molar-refractivity contribution in [3.05, 3.63) is 42.5 Å². The van der Waals surface area contributed by atoms with E-state index in [9.17, 15) is 0 Å². The summed E-state index contributed by atoms with van der Waals surface area (Å²) in [6, 6.07) is 7.69. The molecule has 0 aliphatic carbocycles. The molecule has 1 aromatic heterocycles. The number of ether oxygens (including phenoxy) is 3. The molecule has 0 N–H and O–H groups in total. The molecule has 6 nitrogen and oxygen atoms in total. The van der Waals surface area contributed by atoms with Gasteiger partial charge in [0.25, 0.3) is 0 Å². The predicted octanol–water partition coefficient (Wildman–Crippen LogP) is 1.19. The Bertz CT molecular complexity index is 536. The van der Waals surface area contributed by atoms with Crippen LogP contribution < -0.4 is 4.74 Å². The highest BCUT2D eigenvalue weighted by Crippen LogP contribution is 2.38. The predicted molar refractivity (Wildman–Crippen MR) is 66.6 cm³/mol. The summed E-state index contributed by atoms with van der Waals surface area (Å²) in [5, 5.41) is 4.11. The second-order valence-corrected chi connectivity index (χ2v) is 4.24. The number of methoxy groups -OCH3 is 1. The molecule has 0 radical (unpaired) electrons. The van der Waals surface area contributed by atoms with Crippen molar-refractivity contribution in [2.45, 2.75) is 12.3 Å². The third-order valence-corrected chi connectivity index (χ3v) is 3.11. The lowest BCUT2D eigenvalue weighted by atomic mass is 10.0. The van der Waals surface area contributed by atoms with Crippen molar-refractivity contribution < 1.29 is 14.2 Å². The first kappa shape index (κ1) is 12.1. The van der Waals surface area contributed by atoms with Crippen molar-refractivity contribution >= 4 is 0 Å². The Hall–Kier alpha value is -1.92. The molecule has 0 amide bonds. The summed E-state index contributed by atoms with van der Waals surface area (Å²) in [6.07, 6.45) is 3.13. The van der Waals surface area contributed by atoms with Gasteiger partial charge < -0.3 is 14.2 Å². The zero-order valence-electron chi connectivity index (χ0n) is 10.7. The maximum absolute atomic E-state index is 5.85. The fraction of sp³-hybridized carbons (Fsp3) is 0.385. The van der Waals surface area contributed by atoms with Gasteiger partial charge in [0, 0.05) is 0 Å². The van der Waals surface area contributed by atoms with Gasteiger partial charge in [-0.1, -0.05) is 12.1 Å². The van der Waals surface area contributed by atoms with Crippen LogP contribution in [0.2, 0.25) is 0 Å². The molecule has 3 rings (SSSR count). The van der Waals surface area contributed by atoms with E-state index in [2.05, 4.69) is 10.1 Å². The van der Waals surface area contributed by atoms with E-state index >= 15 is 0 Å². The smallest absolute Gasteiger partial charge is 0.219 e. The van der Waals surface area contributed by atoms with E-state index in [0.29, 0.717) is 19.8 Å². The Labute approximate surface area is 110 Å². The maximum Gasteiger partial charge on any atom is 0.219 e. The molecule has 2 aromatic rings. The Kier molecular flexibility index (Phi) is 3.18. The van der Waals surface area contributed by atoms with E-state index in [-0.39, 0.29) is 0 Å². The molecule has 2 heterocycles. The SMILES string of the molecule is COc1ccccc1C1(Cn2cncn2)OCCO1. The average Bonchev–Trinajstić information content (AvgIpc) is 3.11. The van der Waals surface area contributed by atoms with Gasteiger partial charge in [0.15, 0.2) is 0 Å². The molecule has 6 heteroatoms.